The third-order valence-electron chi connectivity index (χ3n) is 5.85. The molecule has 2 aromatic carbocycles. The van der Waals surface area contributed by atoms with Crippen LogP contribution in [-0.4, -0.2) is 50.3 Å². The van der Waals surface area contributed by atoms with Crippen LogP contribution in [0.15, 0.2) is 53.4 Å². The smallest absolute Gasteiger partial charge is 0.251 e. The zero-order valence-corrected chi connectivity index (χ0v) is 20.8. The summed E-state index contributed by atoms with van der Waals surface area (Å²) in [5, 5.41) is 5.69. The lowest BCUT2D eigenvalue weighted by atomic mass is 9.83. The first-order chi connectivity index (χ1) is 16.0. The SMILES string of the molecule is CC1(C)CCNC(=O)C(N(Cc2ccc(C(=O)NCCF)cc2)S(=O)(=O)c2ccc(Cl)cc2)C1. The quantitative estimate of drug-likeness (QED) is 0.569. The van der Waals surface area contributed by atoms with Crippen LogP contribution < -0.4 is 10.6 Å². The average molecular weight is 510 g/mol. The Morgan fingerprint density at radius 2 is 1.82 bits per heavy atom. The van der Waals surface area contributed by atoms with Gasteiger partial charge in [0.15, 0.2) is 0 Å². The number of alkyl halides is 1. The van der Waals surface area contributed by atoms with E-state index in [4.69, 9.17) is 11.6 Å². The van der Waals surface area contributed by atoms with Crippen molar-refractivity contribution in [3.8, 4) is 0 Å². The molecule has 1 saturated heterocycles. The van der Waals surface area contributed by atoms with E-state index in [-0.39, 0.29) is 29.3 Å². The van der Waals surface area contributed by atoms with Crippen molar-refractivity contribution in [1.29, 1.82) is 0 Å². The Balaban J connectivity index is 1.97. The van der Waals surface area contributed by atoms with Gasteiger partial charge < -0.3 is 10.6 Å². The molecule has 1 atom stereocenters. The maximum atomic E-state index is 13.7. The van der Waals surface area contributed by atoms with E-state index in [0.717, 1.165) is 6.42 Å². The second-order valence-electron chi connectivity index (χ2n) is 9.07. The number of nitrogens with one attached hydrogen (secondary N) is 2. The summed E-state index contributed by atoms with van der Waals surface area (Å²) >= 11 is 5.95. The molecule has 0 spiro atoms. The molecule has 1 unspecified atom stereocenters. The van der Waals surface area contributed by atoms with Gasteiger partial charge in [-0.15, -0.1) is 0 Å². The Hall–Kier alpha value is -2.49. The van der Waals surface area contributed by atoms with Crippen molar-refractivity contribution >= 4 is 33.4 Å². The fraction of sp³-hybridized carbons (Fsp3) is 0.417. The van der Waals surface area contributed by atoms with Crippen LogP contribution in [0.4, 0.5) is 4.39 Å². The molecule has 3 rings (SSSR count). The molecule has 0 bridgehead atoms. The molecule has 34 heavy (non-hydrogen) atoms. The van der Waals surface area contributed by atoms with Gasteiger partial charge in [-0.3, -0.25) is 9.59 Å². The average Bonchev–Trinajstić information content (AvgIpc) is 2.93. The summed E-state index contributed by atoms with van der Waals surface area (Å²) in [6, 6.07) is 11.3. The normalized spacial score (nSPS) is 18.3. The maximum Gasteiger partial charge on any atom is 0.251 e. The van der Waals surface area contributed by atoms with E-state index in [9.17, 15) is 22.4 Å². The van der Waals surface area contributed by atoms with Crippen LogP contribution in [0.3, 0.4) is 0 Å². The number of carbonyl (C=O) groups is 2. The lowest BCUT2D eigenvalue weighted by molar-refractivity contribution is -0.125. The Morgan fingerprint density at radius 3 is 2.44 bits per heavy atom. The summed E-state index contributed by atoms with van der Waals surface area (Å²) < 4.78 is 41.0. The van der Waals surface area contributed by atoms with Crippen molar-refractivity contribution < 1.29 is 22.4 Å². The minimum absolute atomic E-state index is 0.0361. The first-order valence-electron chi connectivity index (χ1n) is 11.0. The molecular weight excluding hydrogens is 481 g/mol. The molecule has 0 saturated carbocycles. The molecule has 0 aromatic heterocycles. The minimum atomic E-state index is -4.06. The van der Waals surface area contributed by atoms with Crippen LogP contribution in [0.25, 0.3) is 0 Å². The van der Waals surface area contributed by atoms with Crippen LogP contribution in [0, 0.1) is 5.41 Å². The molecule has 7 nitrogen and oxygen atoms in total. The number of halogens is 2. The van der Waals surface area contributed by atoms with E-state index >= 15 is 0 Å². The monoisotopic (exact) mass is 509 g/mol. The number of carbonyl (C=O) groups excluding carboxylic acids is 2. The van der Waals surface area contributed by atoms with Crippen molar-refractivity contribution in [3.05, 3.63) is 64.7 Å². The van der Waals surface area contributed by atoms with E-state index in [1.54, 1.807) is 24.3 Å². The minimum Gasteiger partial charge on any atom is -0.355 e. The van der Waals surface area contributed by atoms with E-state index in [1.165, 1.54) is 28.6 Å². The Morgan fingerprint density at radius 1 is 1.18 bits per heavy atom. The highest BCUT2D eigenvalue weighted by atomic mass is 35.5. The van der Waals surface area contributed by atoms with Gasteiger partial charge in [0, 0.05) is 30.2 Å². The number of rotatable bonds is 8. The van der Waals surface area contributed by atoms with Gasteiger partial charge in [-0.25, -0.2) is 12.8 Å². The van der Waals surface area contributed by atoms with Crippen molar-refractivity contribution in [2.24, 2.45) is 5.41 Å². The summed E-state index contributed by atoms with van der Waals surface area (Å²) in [4.78, 5) is 25.1. The van der Waals surface area contributed by atoms with Crippen LogP contribution >= 0.6 is 11.6 Å². The Bertz CT molecular complexity index is 1120. The van der Waals surface area contributed by atoms with Crippen molar-refractivity contribution in [2.45, 2.75) is 44.2 Å². The molecule has 1 fully saturated rings. The summed E-state index contributed by atoms with van der Waals surface area (Å²) in [6.45, 7) is 3.68. The van der Waals surface area contributed by atoms with Gasteiger partial charge in [0.2, 0.25) is 15.9 Å². The number of amides is 2. The number of sulfonamides is 1. The lowest BCUT2D eigenvalue weighted by Crippen LogP contribution is -2.49. The summed E-state index contributed by atoms with van der Waals surface area (Å²) in [6.07, 6.45) is 1.09. The molecule has 1 heterocycles. The molecule has 184 valence electrons. The number of hydrogen-bond acceptors (Lipinski definition) is 4. The third kappa shape index (κ3) is 6.34. The number of hydrogen-bond donors (Lipinski definition) is 2. The largest absolute Gasteiger partial charge is 0.355 e. The molecule has 1 aliphatic heterocycles. The van der Waals surface area contributed by atoms with E-state index in [2.05, 4.69) is 10.6 Å². The van der Waals surface area contributed by atoms with Gasteiger partial charge in [0.1, 0.15) is 12.7 Å². The van der Waals surface area contributed by atoms with Gasteiger partial charge >= 0.3 is 0 Å². The van der Waals surface area contributed by atoms with Gasteiger partial charge in [0.05, 0.1) is 4.90 Å². The summed E-state index contributed by atoms with van der Waals surface area (Å²) in [5.41, 5.74) is 0.683. The molecule has 0 radical (unpaired) electrons. The van der Waals surface area contributed by atoms with E-state index in [1.807, 2.05) is 13.8 Å². The highest BCUT2D eigenvalue weighted by Crippen LogP contribution is 2.33. The van der Waals surface area contributed by atoms with Crippen LogP contribution in [-0.2, 0) is 21.4 Å². The zero-order chi connectivity index (χ0) is 24.9. The predicted octanol–water partition coefficient (Wildman–Crippen LogP) is 3.54. The van der Waals surface area contributed by atoms with Crippen molar-refractivity contribution in [2.75, 3.05) is 19.8 Å². The molecule has 2 N–H and O–H groups in total. The number of nitrogens with zero attached hydrogens (tertiary/aromatic N) is 1. The first kappa shape index (κ1) is 26.1. The summed E-state index contributed by atoms with van der Waals surface area (Å²) in [7, 11) is -4.06. The second-order valence-corrected chi connectivity index (χ2v) is 11.4. The van der Waals surface area contributed by atoms with Gasteiger partial charge in [0.25, 0.3) is 5.91 Å². The Labute approximate surface area is 204 Å². The molecule has 0 aliphatic carbocycles. The van der Waals surface area contributed by atoms with Crippen molar-refractivity contribution in [1.82, 2.24) is 14.9 Å². The lowest BCUT2D eigenvalue weighted by Gasteiger charge is -2.33. The molecule has 1 aliphatic rings. The highest BCUT2D eigenvalue weighted by Gasteiger charge is 2.40. The highest BCUT2D eigenvalue weighted by molar-refractivity contribution is 7.89. The van der Waals surface area contributed by atoms with E-state index < -0.39 is 28.6 Å². The predicted molar refractivity (Wildman–Crippen MR) is 129 cm³/mol. The second kappa shape index (κ2) is 10.8. The fourth-order valence-corrected chi connectivity index (χ4v) is 5.60. The topological polar surface area (TPSA) is 95.6 Å². The molecule has 10 heteroatoms. The standard InChI is InChI=1S/C24H29ClFN3O4S/c1-24(2)11-13-27-23(31)21(15-24)29(34(32,33)20-9-7-19(25)8-10-20)16-17-3-5-18(6-4-17)22(30)28-14-12-26/h3-10,21H,11-16H2,1-2H3,(H,27,31)(H,28,30). The molecule has 2 amide bonds. The molecule has 2 aromatic rings. The Kier molecular flexibility index (Phi) is 8.33. The summed E-state index contributed by atoms with van der Waals surface area (Å²) in [5.74, 6) is -0.759. The van der Waals surface area contributed by atoms with Crippen LogP contribution in [0.1, 0.15) is 42.6 Å². The van der Waals surface area contributed by atoms with Gasteiger partial charge in [-0.2, -0.15) is 4.31 Å². The molecular formula is C24H29ClFN3O4S. The van der Waals surface area contributed by atoms with Gasteiger partial charge in [-0.05, 0) is 60.2 Å². The first-order valence-corrected chi connectivity index (χ1v) is 12.8. The van der Waals surface area contributed by atoms with E-state index in [0.29, 0.717) is 29.1 Å². The van der Waals surface area contributed by atoms with Gasteiger partial charge in [-0.1, -0.05) is 37.6 Å². The fourth-order valence-electron chi connectivity index (χ4n) is 3.90. The van der Waals surface area contributed by atoms with Crippen LogP contribution in [0.5, 0.6) is 0 Å². The third-order valence-corrected chi connectivity index (χ3v) is 7.97. The van der Waals surface area contributed by atoms with Crippen LogP contribution in [0.2, 0.25) is 5.02 Å². The number of benzene rings is 2. The maximum absolute atomic E-state index is 13.7. The van der Waals surface area contributed by atoms with Crippen molar-refractivity contribution in [3.63, 3.8) is 0 Å². The zero-order valence-electron chi connectivity index (χ0n) is 19.2.